The molecule has 0 spiro atoms. The summed E-state index contributed by atoms with van der Waals surface area (Å²) >= 11 is 0. The van der Waals surface area contributed by atoms with Crippen LogP contribution >= 0.6 is 0 Å². The third kappa shape index (κ3) is 5.88. The van der Waals surface area contributed by atoms with Crippen molar-refractivity contribution < 1.29 is 19.1 Å². The van der Waals surface area contributed by atoms with Crippen molar-refractivity contribution in [1.82, 2.24) is 0 Å². The van der Waals surface area contributed by atoms with Gasteiger partial charge in [-0.15, -0.1) is 0 Å². The lowest BCUT2D eigenvalue weighted by molar-refractivity contribution is -0.151. The predicted octanol–water partition coefficient (Wildman–Crippen LogP) is 1.84. The molecule has 0 saturated heterocycles. The van der Waals surface area contributed by atoms with Crippen LogP contribution in [0.4, 0.5) is 0 Å². The van der Waals surface area contributed by atoms with Crippen LogP contribution < -0.4 is 0 Å². The highest BCUT2D eigenvalue weighted by atomic mass is 16.6. The van der Waals surface area contributed by atoms with Gasteiger partial charge in [0.2, 0.25) is 0 Å². The number of hydrogen-bond donors (Lipinski definition) is 0. The maximum atomic E-state index is 11.2. The molecule has 0 aliphatic heterocycles. The SMILES string of the molecule is C=C(C)C(=O)OC(CCC)CC(=O)OC. The summed E-state index contributed by atoms with van der Waals surface area (Å²) in [5.41, 5.74) is 0.334. The minimum absolute atomic E-state index is 0.101. The third-order valence-electron chi connectivity index (χ3n) is 1.85. The molecule has 0 N–H and O–H groups in total. The molecule has 0 bridgehead atoms. The van der Waals surface area contributed by atoms with E-state index in [9.17, 15) is 9.59 Å². The van der Waals surface area contributed by atoms with Gasteiger partial charge in [0.05, 0.1) is 13.5 Å². The van der Waals surface area contributed by atoms with Gasteiger partial charge in [-0.2, -0.15) is 0 Å². The van der Waals surface area contributed by atoms with Gasteiger partial charge >= 0.3 is 11.9 Å². The first-order valence-electron chi connectivity index (χ1n) is 4.94. The van der Waals surface area contributed by atoms with Crippen LogP contribution in [-0.2, 0) is 19.1 Å². The van der Waals surface area contributed by atoms with Gasteiger partial charge < -0.3 is 9.47 Å². The molecule has 0 aliphatic rings. The summed E-state index contributed by atoms with van der Waals surface area (Å²) in [6, 6.07) is 0. The summed E-state index contributed by atoms with van der Waals surface area (Å²) in [4.78, 5) is 22.2. The maximum Gasteiger partial charge on any atom is 0.333 e. The molecule has 0 heterocycles. The topological polar surface area (TPSA) is 52.6 Å². The van der Waals surface area contributed by atoms with E-state index in [1.54, 1.807) is 6.92 Å². The minimum atomic E-state index is -0.461. The summed E-state index contributed by atoms with van der Waals surface area (Å²) in [7, 11) is 1.31. The highest BCUT2D eigenvalue weighted by molar-refractivity contribution is 5.87. The molecule has 1 atom stereocenters. The van der Waals surface area contributed by atoms with Crippen molar-refractivity contribution in [2.75, 3.05) is 7.11 Å². The van der Waals surface area contributed by atoms with Crippen LogP contribution in [0.3, 0.4) is 0 Å². The van der Waals surface area contributed by atoms with Gasteiger partial charge in [0.15, 0.2) is 0 Å². The molecule has 0 rings (SSSR count). The number of methoxy groups -OCH3 is 1. The summed E-state index contributed by atoms with van der Waals surface area (Å²) < 4.78 is 9.60. The number of esters is 2. The standard InChI is InChI=1S/C11H18O4/c1-5-6-9(7-10(12)14-4)15-11(13)8(2)3/h9H,2,5-7H2,1,3-4H3. The lowest BCUT2D eigenvalue weighted by Crippen LogP contribution is -2.22. The monoisotopic (exact) mass is 214 g/mol. The van der Waals surface area contributed by atoms with Crippen molar-refractivity contribution in [1.29, 1.82) is 0 Å². The van der Waals surface area contributed by atoms with Gasteiger partial charge in [-0.05, 0) is 13.3 Å². The van der Waals surface area contributed by atoms with Gasteiger partial charge in [0.1, 0.15) is 6.10 Å². The van der Waals surface area contributed by atoms with E-state index in [2.05, 4.69) is 11.3 Å². The lowest BCUT2D eigenvalue weighted by Gasteiger charge is -2.15. The molecule has 15 heavy (non-hydrogen) atoms. The van der Waals surface area contributed by atoms with Crippen LogP contribution in [-0.4, -0.2) is 25.2 Å². The van der Waals surface area contributed by atoms with Crippen LogP contribution in [0.25, 0.3) is 0 Å². The van der Waals surface area contributed by atoms with Gasteiger partial charge in [0.25, 0.3) is 0 Å². The van der Waals surface area contributed by atoms with Gasteiger partial charge in [0, 0.05) is 5.57 Å². The molecule has 0 amide bonds. The van der Waals surface area contributed by atoms with Crippen molar-refractivity contribution in [3.05, 3.63) is 12.2 Å². The Morgan fingerprint density at radius 2 is 2.00 bits per heavy atom. The Bertz CT molecular complexity index is 245. The first-order valence-corrected chi connectivity index (χ1v) is 4.94. The minimum Gasteiger partial charge on any atom is -0.469 e. The van der Waals surface area contributed by atoms with E-state index in [1.165, 1.54) is 7.11 Å². The average molecular weight is 214 g/mol. The molecule has 4 nitrogen and oxygen atoms in total. The average Bonchev–Trinajstić information content (AvgIpc) is 2.17. The molecule has 4 heteroatoms. The number of hydrogen-bond acceptors (Lipinski definition) is 4. The van der Waals surface area contributed by atoms with Crippen molar-refractivity contribution in [3.63, 3.8) is 0 Å². The Kier molecular flexibility index (Phi) is 6.42. The Morgan fingerprint density at radius 1 is 1.40 bits per heavy atom. The molecule has 0 fully saturated rings. The number of carbonyl (C=O) groups excluding carboxylic acids is 2. The van der Waals surface area contributed by atoms with Crippen LogP contribution in [0.2, 0.25) is 0 Å². The van der Waals surface area contributed by atoms with Crippen LogP contribution in [0, 0.1) is 0 Å². The van der Waals surface area contributed by atoms with Crippen molar-refractivity contribution in [2.45, 2.75) is 39.2 Å². The van der Waals surface area contributed by atoms with Crippen LogP contribution in [0.15, 0.2) is 12.2 Å². The zero-order chi connectivity index (χ0) is 11.8. The molecular formula is C11H18O4. The number of carbonyl (C=O) groups is 2. The predicted molar refractivity (Wildman–Crippen MR) is 56.2 cm³/mol. The molecule has 0 aromatic heterocycles. The first kappa shape index (κ1) is 13.7. The zero-order valence-corrected chi connectivity index (χ0v) is 9.54. The fraction of sp³-hybridized carbons (Fsp3) is 0.636. The summed E-state index contributed by atoms with van der Waals surface area (Å²) in [6.07, 6.45) is 1.18. The first-order chi connectivity index (χ1) is 7.01. The Morgan fingerprint density at radius 3 is 2.40 bits per heavy atom. The Labute approximate surface area is 90.2 Å². The van der Waals surface area contributed by atoms with Crippen LogP contribution in [0.1, 0.15) is 33.1 Å². The molecule has 0 radical (unpaired) electrons. The van der Waals surface area contributed by atoms with E-state index in [4.69, 9.17) is 4.74 Å². The summed E-state index contributed by atoms with van der Waals surface area (Å²) in [5.74, 6) is -0.833. The Balaban J connectivity index is 4.20. The summed E-state index contributed by atoms with van der Waals surface area (Å²) in [6.45, 7) is 7.01. The molecule has 86 valence electrons. The molecule has 0 aromatic carbocycles. The quantitative estimate of drug-likeness (QED) is 0.500. The molecule has 0 saturated carbocycles. The third-order valence-corrected chi connectivity index (χ3v) is 1.85. The zero-order valence-electron chi connectivity index (χ0n) is 9.54. The van der Waals surface area contributed by atoms with Crippen molar-refractivity contribution >= 4 is 11.9 Å². The smallest absolute Gasteiger partial charge is 0.333 e. The van der Waals surface area contributed by atoms with Gasteiger partial charge in [-0.3, -0.25) is 4.79 Å². The van der Waals surface area contributed by atoms with E-state index in [1.807, 2.05) is 6.92 Å². The highest BCUT2D eigenvalue weighted by Crippen LogP contribution is 2.10. The molecular weight excluding hydrogens is 196 g/mol. The van der Waals surface area contributed by atoms with E-state index < -0.39 is 12.1 Å². The van der Waals surface area contributed by atoms with E-state index in [0.717, 1.165) is 6.42 Å². The highest BCUT2D eigenvalue weighted by Gasteiger charge is 2.18. The normalized spacial score (nSPS) is 11.7. The Hall–Kier alpha value is -1.32. The van der Waals surface area contributed by atoms with Crippen LogP contribution in [0.5, 0.6) is 0 Å². The second kappa shape index (κ2) is 7.04. The second-order valence-electron chi connectivity index (χ2n) is 3.38. The van der Waals surface area contributed by atoms with E-state index in [-0.39, 0.29) is 12.4 Å². The molecule has 1 unspecified atom stereocenters. The van der Waals surface area contributed by atoms with E-state index >= 15 is 0 Å². The number of ether oxygens (including phenoxy) is 2. The largest absolute Gasteiger partial charge is 0.469 e. The summed E-state index contributed by atoms with van der Waals surface area (Å²) in [5, 5.41) is 0. The van der Waals surface area contributed by atoms with Gasteiger partial charge in [-0.1, -0.05) is 19.9 Å². The van der Waals surface area contributed by atoms with Gasteiger partial charge in [-0.25, -0.2) is 4.79 Å². The second-order valence-corrected chi connectivity index (χ2v) is 3.38. The number of rotatable bonds is 6. The molecule has 0 aliphatic carbocycles. The molecule has 0 aromatic rings. The fourth-order valence-corrected chi connectivity index (χ4v) is 1.05. The van der Waals surface area contributed by atoms with E-state index in [0.29, 0.717) is 12.0 Å². The van der Waals surface area contributed by atoms with Crippen molar-refractivity contribution in [2.24, 2.45) is 0 Å². The maximum absolute atomic E-state index is 11.2. The van der Waals surface area contributed by atoms with Crippen molar-refractivity contribution in [3.8, 4) is 0 Å². The fourth-order valence-electron chi connectivity index (χ4n) is 1.05. The lowest BCUT2D eigenvalue weighted by atomic mass is 10.1.